The van der Waals surface area contributed by atoms with Crippen LogP contribution >= 0.6 is 0 Å². The Hall–Kier alpha value is -0.330. The lowest BCUT2D eigenvalue weighted by molar-refractivity contribution is 0.437. The SMILES string of the molecule is CCCCN=C(C)C1CCCCC1. The zero-order valence-corrected chi connectivity index (χ0v) is 9.18. The molecule has 1 nitrogen and oxygen atoms in total. The van der Waals surface area contributed by atoms with Crippen LogP contribution in [0.15, 0.2) is 4.99 Å². The van der Waals surface area contributed by atoms with Gasteiger partial charge in [-0.3, -0.25) is 4.99 Å². The molecule has 76 valence electrons. The number of hydrogen-bond acceptors (Lipinski definition) is 1. The molecule has 0 amide bonds. The summed E-state index contributed by atoms with van der Waals surface area (Å²) < 4.78 is 0. The van der Waals surface area contributed by atoms with Crippen LogP contribution in [0.1, 0.15) is 58.8 Å². The van der Waals surface area contributed by atoms with Gasteiger partial charge in [0.1, 0.15) is 0 Å². The van der Waals surface area contributed by atoms with Gasteiger partial charge in [0.25, 0.3) is 0 Å². The molecule has 0 saturated heterocycles. The average Bonchev–Trinajstić information content (AvgIpc) is 2.19. The van der Waals surface area contributed by atoms with Crippen molar-refractivity contribution in [3.05, 3.63) is 0 Å². The van der Waals surface area contributed by atoms with Gasteiger partial charge in [0, 0.05) is 12.3 Å². The molecule has 0 unspecified atom stereocenters. The van der Waals surface area contributed by atoms with E-state index < -0.39 is 0 Å². The fourth-order valence-corrected chi connectivity index (χ4v) is 2.06. The number of hydrogen-bond donors (Lipinski definition) is 0. The first-order valence-electron chi connectivity index (χ1n) is 5.85. The van der Waals surface area contributed by atoms with E-state index in [1.165, 1.54) is 50.7 Å². The van der Waals surface area contributed by atoms with E-state index in [1.807, 2.05) is 0 Å². The van der Waals surface area contributed by atoms with Crippen LogP contribution in [0.25, 0.3) is 0 Å². The van der Waals surface area contributed by atoms with Gasteiger partial charge in [-0.2, -0.15) is 0 Å². The Balaban J connectivity index is 2.27. The molecule has 1 aliphatic rings. The maximum atomic E-state index is 4.65. The second-order valence-corrected chi connectivity index (χ2v) is 4.21. The van der Waals surface area contributed by atoms with Gasteiger partial charge in [-0.05, 0) is 32.1 Å². The number of unbranched alkanes of at least 4 members (excludes halogenated alkanes) is 1. The molecule has 0 aromatic carbocycles. The van der Waals surface area contributed by atoms with E-state index in [2.05, 4.69) is 18.8 Å². The van der Waals surface area contributed by atoms with Crippen molar-refractivity contribution in [2.45, 2.75) is 58.8 Å². The Morgan fingerprint density at radius 2 is 1.92 bits per heavy atom. The summed E-state index contributed by atoms with van der Waals surface area (Å²) in [5.41, 5.74) is 1.42. The number of nitrogens with zero attached hydrogens (tertiary/aromatic N) is 1. The Bertz CT molecular complexity index is 155. The summed E-state index contributed by atoms with van der Waals surface area (Å²) in [4.78, 5) is 4.65. The topological polar surface area (TPSA) is 12.4 Å². The molecular formula is C12H23N. The van der Waals surface area contributed by atoms with E-state index >= 15 is 0 Å². The summed E-state index contributed by atoms with van der Waals surface area (Å²) >= 11 is 0. The van der Waals surface area contributed by atoms with Crippen molar-refractivity contribution in [1.29, 1.82) is 0 Å². The molecule has 0 atom stereocenters. The predicted molar refractivity (Wildman–Crippen MR) is 59.5 cm³/mol. The zero-order chi connectivity index (χ0) is 9.52. The first kappa shape index (κ1) is 10.7. The minimum atomic E-state index is 0.825. The van der Waals surface area contributed by atoms with E-state index in [0.29, 0.717) is 0 Å². The van der Waals surface area contributed by atoms with Gasteiger partial charge in [0.05, 0.1) is 0 Å². The highest BCUT2D eigenvalue weighted by Crippen LogP contribution is 2.24. The van der Waals surface area contributed by atoms with Crippen LogP contribution in [0.5, 0.6) is 0 Å². The molecule has 0 bridgehead atoms. The molecule has 0 aromatic heterocycles. The van der Waals surface area contributed by atoms with Gasteiger partial charge in [0.2, 0.25) is 0 Å². The second-order valence-electron chi connectivity index (χ2n) is 4.21. The van der Waals surface area contributed by atoms with Gasteiger partial charge in [-0.15, -0.1) is 0 Å². The molecule has 1 fully saturated rings. The van der Waals surface area contributed by atoms with E-state index in [4.69, 9.17) is 0 Å². The molecule has 0 heterocycles. The summed E-state index contributed by atoms with van der Waals surface area (Å²) in [5, 5.41) is 0. The van der Waals surface area contributed by atoms with Crippen LogP contribution in [-0.4, -0.2) is 12.3 Å². The van der Waals surface area contributed by atoms with Crippen molar-refractivity contribution in [1.82, 2.24) is 0 Å². The van der Waals surface area contributed by atoms with Crippen molar-refractivity contribution < 1.29 is 0 Å². The van der Waals surface area contributed by atoms with Crippen LogP contribution in [0.3, 0.4) is 0 Å². The smallest absolute Gasteiger partial charge is 0.0388 e. The Morgan fingerprint density at radius 3 is 2.54 bits per heavy atom. The summed E-state index contributed by atoms with van der Waals surface area (Å²) in [5.74, 6) is 0.825. The van der Waals surface area contributed by atoms with Gasteiger partial charge >= 0.3 is 0 Å². The highest BCUT2D eigenvalue weighted by Gasteiger charge is 2.15. The van der Waals surface area contributed by atoms with Gasteiger partial charge in [-0.1, -0.05) is 32.6 Å². The zero-order valence-electron chi connectivity index (χ0n) is 9.18. The van der Waals surface area contributed by atoms with Crippen LogP contribution in [0, 0.1) is 5.92 Å². The fourth-order valence-electron chi connectivity index (χ4n) is 2.06. The van der Waals surface area contributed by atoms with Gasteiger partial charge < -0.3 is 0 Å². The summed E-state index contributed by atoms with van der Waals surface area (Å²) in [6, 6.07) is 0. The Kier molecular flexibility index (Phi) is 5.10. The monoisotopic (exact) mass is 181 g/mol. The Morgan fingerprint density at radius 1 is 1.23 bits per heavy atom. The standard InChI is InChI=1S/C12H23N/c1-3-4-10-13-11(2)12-8-6-5-7-9-12/h12H,3-10H2,1-2H3. The minimum Gasteiger partial charge on any atom is -0.294 e. The van der Waals surface area contributed by atoms with Crippen LogP contribution in [0.2, 0.25) is 0 Å². The van der Waals surface area contributed by atoms with E-state index in [1.54, 1.807) is 0 Å². The van der Waals surface area contributed by atoms with Gasteiger partial charge in [0.15, 0.2) is 0 Å². The first-order valence-corrected chi connectivity index (χ1v) is 5.85. The Labute approximate surface area is 82.6 Å². The van der Waals surface area contributed by atoms with Crippen molar-refractivity contribution in [2.75, 3.05) is 6.54 Å². The summed E-state index contributed by atoms with van der Waals surface area (Å²) in [6.07, 6.45) is 9.59. The third-order valence-electron chi connectivity index (χ3n) is 3.07. The van der Waals surface area contributed by atoms with Crippen molar-refractivity contribution in [3.8, 4) is 0 Å². The number of aliphatic imine (C=N–C) groups is 1. The predicted octanol–water partition coefficient (Wildman–Crippen LogP) is 3.83. The molecule has 0 radical (unpaired) electrons. The van der Waals surface area contributed by atoms with E-state index in [-0.39, 0.29) is 0 Å². The van der Waals surface area contributed by atoms with E-state index in [9.17, 15) is 0 Å². The van der Waals surface area contributed by atoms with E-state index in [0.717, 1.165) is 12.5 Å². The largest absolute Gasteiger partial charge is 0.294 e. The number of rotatable bonds is 4. The third kappa shape index (κ3) is 3.93. The molecule has 0 aromatic rings. The third-order valence-corrected chi connectivity index (χ3v) is 3.07. The molecule has 0 N–H and O–H groups in total. The highest BCUT2D eigenvalue weighted by atomic mass is 14.7. The van der Waals surface area contributed by atoms with Crippen molar-refractivity contribution in [2.24, 2.45) is 10.9 Å². The summed E-state index contributed by atoms with van der Waals surface area (Å²) in [6.45, 7) is 5.51. The average molecular weight is 181 g/mol. The molecular weight excluding hydrogens is 158 g/mol. The normalized spacial score (nSPS) is 20.6. The molecule has 1 rings (SSSR count). The molecule has 1 heteroatoms. The molecule has 1 aliphatic carbocycles. The van der Waals surface area contributed by atoms with Crippen molar-refractivity contribution in [3.63, 3.8) is 0 Å². The maximum Gasteiger partial charge on any atom is 0.0388 e. The fraction of sp³-hybridized carbons (Fsp3) is 0.917. The minimum absolute atomic E-state index is 0.825. The van der Waals surface area contributed by atoms with Gasteiger partial charge in [-0.25, -0.2) is 0 Å². The lowest BCUT2D eigenvalue weighted by atomic mass is 9.86. The quantitative estimate of drug-likeness (QED) is 0.462. The highest BCUT2D eigenvalue weighted by molar-refractivity contribution is 5.84. The summed E-state index contributed by atoms with van der Waals surface area (Å²) in [7, 11) is 0. The molecule has 13 heavy (non-hydrogen) atoms. The molecule has 1 saturated carbocycles. The van der Waals surface area contributed by atoms with Crippen LogP contribution in [-0.2, 0) is 0 Å². The molecule has 0 aliphatic heterocycles. The van der Waals surface area contributed by atoms with Crippen molar-refractivity contribution >= 4 is 5.71 Å². The van der Waals surface area contributed by atoms with Crippen LogP contribution < -0.4 is 0 Å². The lowest BCUT2D eigenvalue weighted by Crippen LogP contribution is -2.15. The second kappa shape index (κ2) is 6.17. The maximum absolute atomic E-state index is 4.65. The first-order chi connectivity index (χ1) is 6.34. The lowest BCUT2D eigenvalue weighted by Gasteiger charge is -2.21. The molecule has 0 spiro atoms. The van der Waals surface area contributed by atoms with Crippen LogP contribution in [0.4, 0.5) is 0 Å².